The highest BCUT2D eigenvalue weighted by Gasteiger charge is 1.99. The number of anilines is 1. The molecular weight excluding hydrogens is 226 g/mol. The normalized spacial score (nSPS) is 10.9. The zero-order valence-corrected chi connectivity index (χ0v) is 11.7. The van der Waals surface area contributed by atoms with Crippen molar-refractivity contribution in [1.82, 2.24) is 20.2 Å². The molecule has 0 fully saturated rings. The lowest BCUT2D eigenvalue weighted by molar-refractivity contribution is 0.302. The van der Waals surface area contributed by atoms with Crippen LogP contribution in [0, 0.1) is 0 Å². The summed E-state index contributed by atoms with van der Waals surface area (Å²) in [5, 5.41) is 6.49. The van der Waals surface area contributed by atoms with Gasteiger partial charge >= 0.3 is 0 Å². The lowest BCUT2D eigenvalue weighted by Gasteiger charge is -2.17. The first-order valence-corrected chi connectivity index (χ1v) is 6.78. The zero-order valence-electron chi connectivity index (χ0n) is 11.7. The van der Waals surface area contributed by atoms with Gasteiger partial charge in [0.2, 0.25) is 5.95 Å². The van der Waals surface area contributed by atoms with E-state index in [1.54, 1.807) is 0 Å². The molecule has 2 N–H and O–H groups in total. The molecule has 0 atom stereocenters. The summed E-state index contributed by atoms with van der Waals surface area (Å²) < 4.78 is 0. The van der Waals surface area contributed by atoms with Crippen LogP contribution in [-0.2, 0) is 6.54 Å². The topological polar surface area (TPSA) is 53.1 Å². The van der Waals surface area contributed by atoms with Gasteiger partial charge in [0, 0.05) is 44.1 Å². The average molecular weight is 251 g/mol. The second-order valence-corrected chi connectivity index (χ2v) is 4.15. The number of nitrogens with one attached hydrogen (secondary N) is 2. The summed E-state index contributed by atoms with van der Waals surface area (Å²) in [6.07, 6.45) is 3.74. The third-order valence-corrected chi connectivity index (χ3v) is 2.87. The first kappa shape index (κ1) is 14.9. The predicted octanol–water partition coefficient (Wildman–Crippen LogP) is 1.34. The monoisotopic (exact) mass is 251 g/mol. The Morgan fingerprint density at radius 2 is 1.78 bits per heavy atom. The molecule has 1 aromatic heterocycles. The molecule has 102 valence electrons. The van der Waals surface area contributed by atoms with Crippen molar-refractivity contribution in [2.75, 3.05) is 38.0 Å². The largest absolute Gasteiger partial charge is 0.355 e. The third kappa shape index (κ3) is 5.42. The van der Waals surface area contributed by atoms with Crippen LogP contribution >= 0.6 is 0 Å². The van der Waals surface area contributed by atoms with Crippen LogP contribution in [0.25, 0.3) is 0 Å². The second-order valence-electron chi connectivity index (χ2n) is 4.15. The maximum absolute atomic E-state index is 4.24. The third-order valence-electron chi connectivity index (χ3n) is 2.87. The van der Waals surface area contributed by atoms with Crippen LogP contribution in [0.1, 0.15) is 26.3 Å². The summed E-state index contributed by atoms with van der Waals surface area (Å²) in [4.78, 5) is 10.9. The van der Waals surface area contributed by atoms with Crippen LogP contribution in [0.15, 0.2) is 12.4 Å². The van der Waals surface area contributed by atoms with E-state index in [1.807, 2.05) is 19.3 Å². The summed E-state index contributed by atoms with van der Waals surface area (Å²) in [5.41, 5.74) is 1.12. The van der Waals surface area contributed by atoms with E-state index >= 15 is 0 Å². The molecule has 18 heavy (non-hydrogen) atoms. The van der Waals surface area contributed by atoms with Crippen molar-refractivity contribution in [3.05, 3.63) is 18.0 Å². The van der Waals surface area contributed by atoms with Gasteiger partial charge in [-0.2, -0.15) is 0 Å². The van der Waals surface area contributed by atoms with Crippen molar-refractivity contribution in [3.8, 4) is 0 Å². The molecule has 0 bridgehead atoms. The highest BCUT2D eigenvalue weighted by Crippen LogP contribution is 1.99. The van der Waals surface area contributed by atoms with Crippen LogP contribution in [0.3, 0.4) is 0 Å². The molecule has 5 nitrogen and oxygen atoms in total. The Morgan fingerprint density at radius 3 is 2.33 bits per heavy atom. The molecule has 5 heteroatoms. The Kier molecular flexibility index (Phi) is 7.29. The van der Waals surface area contributed by atoms with Gasteiger partial charge in [-0.05, 0) is 20.0 Å². The van der Waals surface area contributed by atoms with Crippen LogP contribution in [-0.4, -0.2) is 47.6 Å². The second kappa shape index (κ2) is 8.83. The number of likely N-dealkylation sites (N-methyl/N-ethyl adjacent to an activating group) is 1. The molecule has 0 spiro atoms. The van der Waals surface area contributed by atoms with E-state index in [9.17, 15) is 0 Å². The number of hydrogen-bond acceptors (Lipinski definition) is 5. The minimum Gasteiger partial charge on any atom is -0.355 e. The average Bonchev–Trinajstić information content (AvgIpc) is 2.41. The van der Waals surface area contributed by atoms with Crippen LogP contribution in [0.5, 0.6) is 0 Å². The molecule has 0 aliphatic carbocycles. The van der Waals surface area contributed by atoms with Crippen LogP contribution in [0.2, 0.25) is 0 Å². The SMILES string of the molecule is CCNc1ncc(CNCCN(CC)CC)cn1. The highest BCUT2D eigenvalue weighted by molar-refractivity contribution is 5.24. The van der Waals surface area contributed by atoms with E-state index < -0.39 is 0 Å². The molecule has 0 amide bonds. The van der Waals surface area contributed by atoms with E-state index in [0.29, 0.717) is 5.95 Å². The van der Waals surface area contributed by atoms with Gasteiger partial charge in [-0.3, -0.25) is 0 Å². The standard InChI is InChI=1S/C13H25N5/c1-4-15-13-16-10-12(11-17-13)9-14-7-8-18(5-2)6-3/h10-11,14H,4-9H2,1-3H3,(H,15,16,17). The number of hydrogen-bond donors (Lipinski definition) is 2. The molecule has 0 aliphatic heterocycles. The molecule has 1 rings (SSSR count). The van der Waals surface area contributed by atoms with Gasteiger partial charge in [0.1, 0.15) is 0 Å². The Hall–Kier alpha value is -1.20. The Morgan fingerprint density at radius 1 is 1.11 bits per heavy atom. The van der Waals surface area contributed by atoms with E-state index in [2.05, 4.69) is 39.3 Å². The summed E-state index contributed by atoms with van der Waals surface area (Å²) in [5.74, 6) is 0.699. The molecule has 0 saturated heterocycles. The quantitative estimate of drug-likeness (QED) is 0.649. The van der Waals surface area contributed by atoms with E-state index in [0.717, 1.165) is 44.8 Å². The number of aromatic nitrogens is 2. The van der Waals surface area contributed by atoms with E-state index in [1.165, 1.54) is 0 Å². The molecule has 1 aromatic rings. The van der Waals surface area contributed by atoms with E-state index in [4.69, 9.17) is 0 Å². The first-order chi connectivity index (χ1) is 8.80. The van der Waals surface area contributed by atoms with Gasteiger partial charge in [-0.1, -0.05) is 13.8 Å². The predicted molar refractivity (Wildman–Crippen MR) is 75.7 cm³/mol. The fourth-order valence-electron chi connectivity index (χ4n) is 1.71. The fraction of sp³-hybridized carbons (Fsp3) is 0.692. The van der Waals surface area contributed by atoms with E-state index in [-0.39, 0.29) is 0 Å². The number of rotatable bonds is 9. The Balaban J connectivity index is 2.22. The molecule has 0 radical (unpaired) electrons. The maximum Gasteiger partial charge on any atom is 0.222 e. The van der Waals surface area contributed by atoms with Gasteiger partial charge in [-0.15, -0.1) is 0 Å². The van der Waals surface area contributed by atoms with Gasteiger partial charge in [0.25, 0.3) is 0 Å². The Labute approximate surface area is 110 Å². The zero-order chi connectivity index (χ0) is 13.2. The van der Waals surface area contributed by atoms with Crippen LogP contribution in [0.4, 0.5) is 5.95 Å². The summed E-state index contributed by atoms with van der Waals surface area (Å²) >= 11 is 0. The Bertz CT molecular complexity index is 308. The minimum absolute atomic E-state index is 0.699. The minimum atomic E-state index is 0.699. The number of nitrogens with zero attached hydrogens (tertiary/aromatic N) is 3. The van der Waals surface area contributed by atoms with Gasteiger partial charge in [-0.25, -0.2) is 9.97 Å². The van der Waals surface area contributed by atoms with Gasteiger partial charge in [0.15, 0.2) is 0 Å². The molecule has 0 aliphatic rings. The van der Waals surface area contributed by atoms with Crippen LogP contribution < -0.4 is 10.6 Å². The molecule has 0 saturated carbocycles. The van der Waals surface area contributed by atoms with Gasteiger partial charge < -0.3 is 15.5 Å². The van der Waals surface area contributed by atoms with Crippen molar-refractivity contribution in [2.24, 2.45) is 0 Å². The van der Waals surface area contributed by atoms with Crippen molar-refractivity contribution in [1.29, 1.82) is 0 Å². The van der Waals surface area contributed by atoms with Crippen molar-refractivity contribution < 1.29 is 0 Å². The highest BCUT2D eigenvalue weighted by atomic mass is 15.1. The lowest BCUT2D eigenvalue weighted by atomic mass is 10.3. The smallest absolute Gasteiger partial charge is 0.222 e. The van der Waals surface area contributed by atoms with Crippen molar-refractivity contribution >= 4 is 5.95 Å². The fourth-order valence-corrected chi connectivity index (χ4v) is 1.71. The van der Waals surface area contributed by atoms with Crippen molar-refractivity contribution in [3.63, 3.8) is 0 Å². The molecule has 1 heterocycles. The summed E-state index contributed by atoms with van der Waals surface area (Å²) in [7, 11) is 0. The maximum atomic E-state index is 4.24. The van der Waals surface area contributed by atoms with Gasteiger partial charge in [0.05, 0.1) is 0 Å². The lowest BCUT2D eigenvalue weighted by Crippen LogP contribution is -2.31. The first-order valence-electron chi connectivity index (χ1n) is 6.78. The molecular formula is C13H25N5. The van der Waals surface area contributed by atoms with Crippen molar-refractivity contribution in [2.45, 2.75) is 27.3 Å². The summed E-state index contributed by atoms with van der Waals surface area (Å²) in [6, 6.07) is 0. The molecule has 0 unspecified atom stereocenters. The summed E-state index contributed by atoms with van der Waals surface area (Å²) in [6.45, 7) is 12.4. The molecule has 0 aromatic carbocycles.